The van der Waals surface area contributed by atoms with Crippen LogP contribution in [0.15, 0.2) is 86.1 Å². The Hall–Kier alpha value is -2.36. The van der Waals surface area contributed by atoms with Crippen LogP contribution in [0, 0.1) is 0 Å². The van der Waals surface area contributed by atoms with Crippen LogP contribution >= 0.6 is 0 Å². The predicted molar refractivity (Wildman–Crippen MR) is 87.4 cm³/mol. The molecule has 4 heteroatoms. The average molecular weight is 282 g/mol. The second kappa shape index (κ2) is 9.53. The highest BCUT2D eigenvalue weighted by atomic mass is 15.1. The summed E-state index contributed by atoms with van der Waals surface area (Å²) in [5.41, 5.74) is 3.47. The fourth-order valence-electron chi connectivity index (χ4n) is 1.30. The summed E-state index contributed by atoms with van der Waals surface area (Å²) in [5.74, 6) is 0. The maximum absolute atomic E-state index is 4.20. The van der Waals surface area contributed by atoms with Gasteiger partial charge in [0.05, 0.1) is 22.8 Å². The molecular weight excluding hydrogens is 260 g/mol. The Morgan fingerprint density at radius 3 is 2.29 bits per heavy atom. The molecule has 0 aliphatic carbocycles. The fourth-order valence-corrected chi connectivity index (χ4v) is 1.30. The van der Waals surface area contributed by atoms with Crippen LogP contribution in [0.5, 0.6) is 0 Å². The number of benzene rings is 1. The van der Waals surface area contributed by atoms with Gasteiger partial charge >= 0.3 is 0 Å². The van der Waals surface area contributed by atoms with Gasteiger partial charge in [0, 0.05) is 0 Å². The standard InChI is InChI=1S/C17H22N4/c1-5-14(3)18-20-16(6-2)13-12-15(4)19-21-17-10-8-7-9-11-17/h5,7-13H,6H2,1-4H3/b14-5+,15-12+,16-13+,20-18?,21-19?. The van der Waals surface area contributed by atoms with Crippen LogP contribution in [-0.4, -0.2) is 0 Å². The molecule has 0 heterocycles. The highest BCUT2D eigenvalue weighted by Gasteiger charge is 1.91. The Morgan fingerprint density at radius 1 is 0.952 bits per heavy atom. The third-order valence-corrected chi connectivity index (χ3v) is 2.71. The van der Waals surface area contributed by atoms with Crippen LogP contribution in [0.2, 0.25) is 0 Å². The molecule has 1 aromatic carbocycles. The second-order valence-corrected chi connectivity index (χ2v) is 4.49. The first-order valence-corrected chi connectivity index (χ1v) is 7.04. The quantitative estimate of drug-likeness (QED) is 0.431. The molecular formula is C17H22N4. The SMILES string of the molecule is C/C=C(\C)N=N/C(=C/C=C(\C)N=Nc1ccccc1)CC. The third kappa shape index (κ3) is 7.11. The van der Waals surface area contributed by atoms with Crippen LogP contribution in [0.4, 0.5) is 5.69 Å². The average Bonchev–Trinajstić information content (AvgIpc) is 2.53. The number of rotatable bonds is 6. The third-order valence-electron chi connectivity index (χ3n) is 2.71. The van der Waals surface area contributed by atoms with Crippen LogP contribution in [0.25, 0.3) is 0 Å². The first-order valence-electron chi connectivity index (χ1n) is 7.04. The molecule has 0 fully saturated rings. The van der Waals surface area contributed by atoms with Crippen LogP contribution in [0.3, 0.4) is 0 Å². The van der Waals surface area contributed by atoms with Crippen molar-refractivity contribution in [2.75, 3.05) is 0 Å². The molecule has 0 spiro atoms. The second-order valence-electron chi connectivity index (χ2n) is 4.49. The van der Waals surface area contributed by atoms with Gasteiger partial charge in [-0.25, -0.2) is 0 Å². The molecule has 0 saturated carbocycles. The van der Waals surface area contributed by atoms with Crippen molar-refractivity contribution in [2.24, 2.45) is 20.5 Å². The molecule has 0 radical (unpaired) electrons. The van der Waals surface area contributed by atoms with Gasteiger partial charge in [-0.1, -0.05) is 31.2 Å². The topological polar surface area (TPSA) is 49.4 Å². The highest BCUT2D eigenvalue weighted by Crippen LogP contribution is 2.13. The minimum atomic E-state index is 0.820. The van der Waals surface area contributed by atoms with E-state index in [0.29, 0.717) is 0 Å². The van der Waals surface area contributed by atoms with Crippen molar-refractivity contribution in [2.45, 2.75) is 34.1 Å². The predicted octanol–water partition coefficient (Wildman–Crippen LogP) is 6.34. The van der Waals surface area contributed by atoms with E-state index < -0.39 is 0 Å². The summed E-state index contributed by atoms with van der Waals surface area (Å²) < 4.78 is 0. The molecule has 110 valence electrons. The molecule has 4 nitrogen and oxygen atoms in total. The van der Waals surface area contributed by atoms with Gasteiger partial charge in [0.15, 0.2) is 0 Å². The zero-order chi connectivity index (χ0) is 15.5. The smallest absolute Gasteiger partial charge is 0.0856 e. The maximum Gasteiger partial charge on any atom is 0.0856 e. The lowest BCUT2D eigenvalue weighted by atomic mass is 10.3. The van der Waals surface area contributed by atoms with Crippen molar-refractivity contribution in [3.63, 3.8) is 0 Å². The number of hydrogen-bond donors (Lipinski definition) is 0. The van der Waals surface area contributed by atoms with Gasteiger partial charge in [-0.05, 0) is 51.5 Å². The van der Waals surface area contributed by atoms with Crippen molar-refractivity contribution < 1.29 is 0 Å². The van der Waals surface area contributed by atoms with E-state index in [2.05, 4.69) is 20.5 Å². The largest absolute Gasteiger partial charge is 0.156 e. The monoisotopic (exact) mass is 282 g/mol. The summed E-state index contributed by atoms with van der Waals surface area (Å²) in [5, 5.41) is 16.7. The number of allylic oxidation sites excluding steroid dienone is 6. The molecule has 0 amide bonds. The Balaban J connectivity index is 2.74. The molecule has 21 heavy (non-hydrogen) atoms. The fraction of sp³-hybridized carbons (Fsp3) is 0.294. The van der Waals surface area contributed by atoms with Gasteiger partial charge in [0.25, 0.3) is 0 Å². The summed E-state index contributed by atoms with van der Waals surface area (Å²) in [4.78, 5) is 0. The van der Waals surface area contributed by atoms with Crippen molar-refractivity contribution in [1.82, 2.24) is 0 Å². The number of hydrogen-bond acceptors (Lipinski definition) is 4. The van der Waals surface area contributed by atoms with Crippen molar-refractivity contribution in [3.05, 3.63) is 65.7 Å². The first kappa shape index (κ1) is 16.7. The van der Waals surface area contributed by atoms with E-state index in [-0.39, 0.29) is 0 Å². The number of nitrogens with zero attached hydrogens (tertiary/aromatic N) is 4. The van der Waals surface area contributed by atoms with E-state index in [9.17, 15) is 0 Å². The molecule has 0 saturated heterocycles. The van der Waals surface area contributed by atoms with Crippen LogP contribution in [-0.2, 0) is 0 Å². The summed E-state index contributed by atoms with van der Waals surface area (Å²) >= 11 is 0. The highest BCUT2D eigenvalue weighted by molar-refractivity contribution is 5.35. The summed E-state index contributed by atoms with van der Waals surface area (Å²) in [6.45, 7) is 7.82. The molecule has 0 bridgehead atoms. The lowest BCUT2D eigenvalue weighted by molar-refractivity contribution is 0.972. The normalized spacial score (nSPS) is 14.4. The maximum atomic E-state index is 4.20. The minimum Gasteiger partial charge on any atom is -0.156 e. The number of azo groups is 2. The molecule has 0 aromatic heterocycles. The Kier molecular flexibility index (Phi) is 7.58. The van der Waals surface area contributed by atoms with Gasteiger partial charge in [-0.3, -0.25) is 0 Å². The van der Waals surface area contributed by atoms with E-state index in [1.807, 2.05) is 76.3 Å². The zero-order valence-corrected chi connectivity index (χ0v) is 13.1. The molecule has 0 aliphatic rings. The molecule has 0 atom stereocenters. The van der Waals surface area contributed by atoms with Gasteiger partial charge in [0.1, 0.15) is 0 Å². The molecule has 0 N–H and O–H groups in total. The summed E-state index contributed by atoms with van der Waals surface area (Å²) in [7, 11) is 0. The van der Waals surface area contributed by atoms with Crippen LogP contribution < -0.4 is 0 Å². The minimum absolute atomic E-state index is 0.820. The van der Waals surface area contributed by atoms with Gasteiger partial charge in [-0.15, -0.1) is 0 Å². The molecule has 1 aromatic rings. The van der Waals surface area contributed by atoms with E-state index in [1.54, 1.807) is 0 Å². The van der Waals surface area contributed by atoms with E-state index in [1.165, 1.54) is 0 Å². The van der Waals surface area contributed by atoms with Crippen molar-refractivity contribution in [3.8, 4) is 0 Å². The van der Waals surface area contributed by atoms with Gasteiger partial charge in [0.2, 0.25) is 0 Å². The van der Waals surface area contributed by atoms with Crippen LogP contribution in [0.1, 0.15) is 34.1 Å². The molecule has 0 aliphatic heterocycles. The first-order chi connectivity index (χ1) is 10.2. The van der Waals surface area contributed by atoms with Gasteiger partial charge < -0.3 is 0 Å². The molecule has 1 rings (SSSR count). The Morgan fingerprint density at radius 2 is 1.67 bits per heavy atom. The summed E-state index contributed by atoms with van der Waals surface area (Å²) in [6.07, 6.45) is 6.56. The van der Waals surface area contributed by atoms with Crippen molar-refractivity contribution in [1.29, 1.82) is 0 Å². The Bertz CT molecular complexity index is 578. The van der Waals surface area contributed by atoms with E-state index >= 15 is 0 Å². The summed E-state index contributed by atoms with van der Waals surface area (Å²) in [6, 6.07) is 9.66. The lowest BCUT2D eigenvalue weighted by Crippen LogP contribution is -1.75. The van der Waals surface area contributed by atoms with E-state index in [4.69, 9.17) is 0 Å². The Labute approximate surface area is 126 Å². The van der Waals surface area contributed by atoms with Crippen molar-refractivity contribution >= 4 is 5.69 Å². The van der Waals surface area contributed by atoms with Gasteiger partial charge in [-0.2, -0.15) is 20.5 Å². The molecule has 0 unspecified atom stereocenters. The zero-order valence-electron chi connectivity index (χ0n) is 13.1. The lowest BCUT2D eigenvalue weighted by Gasteiger charge is -1.95. The van der Waals surface area contributed by atoms with E-state index in [0.717, 1.165) is 29.2 Å².